The molecule has 0 radical (unpaired) electrons. The summed E-state index contributed by atoms with van der Waals surface area (Å²) in [5.41, 5.74) is 0.278. The quantitative estimate of drug-likeness (QED) is 0.337. The maximum Gasteiger partial charge on any atom is 0.0888 e. The van der Waals surface area contributed by atoms with Crippen molar-refractivity contribution in [3.8, 4) is 0 Å². The number of epoxide rings is 1. The Bertz CT molecular complexity index is 145. The summed E-state index contributed by atoms with van der Waals surface area (Å²) in [6.07, 6.45) is 10.9. The van der Waals surface area contributed by atoms with Crippen LogP contribution in [-0.2, 0) is 4.74 Å². The SMILES string of the molecule is C/C=C\CCCCCC1(C)CO1. The number of ether oxygens (including phenoxy) is 1. The van der Waals surface area contributed by atoms with Gasteiger partial charge >= 0.3 is 0 Å². The molecule has 0 N–H and O–H groups in total. The minimum atomic E-state index is 0.278. The monoisotopic (exact) mass is 168 g/mol. The number of allylic oxidation sites excluding steroid dienone is 2. The molecule has 0 aromatic rings. The van der Waals surface area contributed by atoms with Crippen molar-refractivity contribution in [1.29, 1.82) is 0 Å². The molecule has 0 spiro atoms. The van der Waals surface area contributed by atoms with E-state index >= 15 is 0 Å². The second kappa shape index (κ2) is 4.66. The summed E-state index contributed by atoms with van der Waals surface area (Å²) in [6.45, 7) is 5.28. The molecule has 1 unspecified atom stereocenters. The molecule has 0 aromatic heterocycles. The maximum absolute atomic E-state index is 5.31. The topological polar surface area (TPSA) is 12.5 Å². The fourth-order valence-electron chi connectivity index (χ4n) is 1.37. The largest absolute Gasteiger partial charge is 0.370 e. The van der Waals surface area contributed by atoms with Gasteiger partial charge in [-0.3, -0.25) is 0 Å². The van der Waals surface area contributed by atoms with Gasteiger partial charge in [-0.15, -0.1) is 0 Å². The van der Waals surface area contributed by atoms with Crippen LogP contribution in [0.4, 0.5) is 0 Å². The van der Waals surface area contributed by atoms with E-state index in [0.717, 1.165) is 6.61 Å². The molecule has 1 aliphatic rings. The van der Waals surface area contributed by atoms with E-state index in [1.165, 1.54) is 32.1 Å². The van der Waals surface area contributed by atoms with Gasteiger partial charge in [0, 0.05) is 0 Å². The van der Waals surface area contributed by atoms with E-state index in [4.69, 9.17) is 4.74 Å². The summed E-state index contributed by atoms with van der Waals surface area (Å²) in [7, 11) is 0. The number of rotatable bonds is 6. The van der Waals surface area contributed by atoms with E-state index in [-0.39, 0.29) is 5.60 Å². The highest BCUT2D eigenvalue weighted by molar-refractivity contribution is 4.86. The summed E-state index contributed by atoms with van der Waals surface area (Å²) < 4.78 is 5.31. The third-order valence-corrected chi connectivity index (χ3v) is 2.45. The molecule has 1 saturated heterocycles. The lowest BCUT2D eigenvalue weighted by atomic mass is 10.0. The fraction of sp³-hybridized carbons (Fsp3) is 0.818. The van der Waals surface area contributed by atoms with Crippen LogP contribution in [0, 0.1) is 0 Å². The molecular formula is C11H20O. The first-order valence-corrected chi connectivity index (χ1v) is 5.02. The highest BCUT2D eigenvalue weighted by atomic mass is 16.6. The van der Waals surface area contributed by atoms with Crippen LogP contribution in [0.3, 0.4) is 0 Å². The Labute approximate surface area is 75.8 Å². The predicted molar refractivity (Wildman–Crippen MR) is 52.3 cm³/mol. The Morgan fingerprint density at radius 2 is 2.08 bits per heavy atom. The predicted octanol–water partition coefficient (Wildman–Crippen LogP) is 3.30. The molecule has 70 valence electrons. The van der Waals surface area contributed by atoms with Gasteiger partial charge in [0.25, 0.3) is 0 Å². The normalized spacial score (nSPS) is 28.2. The fourth-order valence-corrected chi connectivity index (χ4v) is 1.37. The molecule has 1 heteroatoms. The third kappa shape index (κ3) is 3.91. The molecule has 0 aromatic carbocycles. The van der Waals surface area contributed by atoms with Crippen LogP contribution in [-0.4, -0.2) is 12.2 Å². The van der Waals surface area contributed by atoms with Gasteiger partial charge in [0.2, 0.25) is 0 Å². The first-order chi connectivity index (χ1) is 5.77. The molecule has 1 fully saturated rings. The molecule has 0 amide bonds. The third-order valence-electron chi connectivity index (χ3n) is 2.45. The van der Waals surface area contributed by atoms with Gasteiger partial charge in [-0.1, -0.05) is 25.0 Å². The number of hydrogen-bond donors (Lipinski definition) is 0. The van der Waals surface area contributed by atoms with Crippen molar-refractivity contribution in [3.63, 3.8) is 0 Å². The Morgan fingerprint density at radius 3 is 2.67 bits per heavy atom. The lowest BCUT2D eigenvalue weighted by Gasteiger charge is -2.02. The van der Waals surface area contributed by atoms with E-state index in [1.54, 1.807) is 0 Å². The average molecular weight is 168 g/mol. The van der Waals surface area contributed by atoms with Crippen molar-refractivity contribution in [2.45, 2.75) is 51.6 Å². The molecule has 0 aliphatic carbocycles. The Kier molecular flexibility index (Phi) is 3.80. The van der Waals surface area contributed by atoms with Gasteiger partial charge in [0.1, 0.15) is 0 Å². The minimum Gasteiger partial charge on any atom is -0.370 e. The summed E-state index contributed by atoms with van der Waals surface area (Å²) in [6, 6.07) is 0. The molecule has 12 heavy (non-hydrogen) atoms. The van der Waals surface area contributed by atoms with Crippen molar-refractivity contribution in [3.05, 3.63) is 12.2 Å². The summed E-state index contributed by atoms with van der Waals surface area (Å²) in [5, 5.41) is 0. The van der Waals surface area contributed by atoms with Crippen LogP contribution in [0.5, 0.6) is 0 Å². The zero-order chi connectivity index (χ0) is 8.86. The van der Waals surface area contributed by atoms with Crippen LogP contribution < -0.4 is 0 Å². The van der Waals surface area contributed by atoms with Gasteiger partial charge in [-0.05, 0) is 33.1 Å². The smallest absolute Gasteiger partial charge is 0.0888 e. The zero-order valence-electron chi connectivity index (χ0n) is 8.31. The lowest BCUT2D eigenvalue weighted by molar-refractivity contribution is 0.301. The van der Waals surface area contributed by atoms with Gasteiger partial charge < -0.3 is 4.74 Å². The van der Waals surface area contributed by atoms with Crippen molar-refractivity contribution in [2.24, 2.45) is 0 Å². The van der Waals surface area contributed by atoms with Crippen molar-refractivity contribution >= 4 is 0 Å². The van der Waals surface area contributed by atoms with E-state index in [9.17, 15) is 0 Å². The Hall–Kier alpha value is -0.300. The molecule has 1 heterocycles. The van der Waals surface area contributed by atoms with Crippen LogP contribution in [0.15, 0.2) is 12.2 Å². The van der Waals surface area contributed by atoms with E-state index < -0.39 is 0 Å². The highest BCUT2D eigenvalue weighted by Crippen LogP contribution is 2.31. The van der Waals surface area contributed by atoms with Gasteiger partial charge in [-0.25, -0.2) is 0 Å². The molecule has 1 aliphatic heterocycles. The average Bonchev–Trinajstić information content (AvgIpc) is 2.77. The van der Waals surface area contributed by atoms with Crippen LogP contribution in [0.25, 0.3) is 0 Å². The molecule has 0 saturated carbocycles. The first-order valence-electron chi connectivity index (χ1n) is 5.02. The summed E-state index contributed by atoms with van der Waals surface area (Å²) in [5.74, 6) is 0. The van der Waals surface area contributed by atoms with E-state index in [1.807, 2.05) is 0 Å². The first kappa shape index (κ1) is 9.79. The number of hydrogen-bond acceptors (Lipinski definition) is 1. The number of unbranched alkanes of at least 4 members (excludes halogenated alkanes) is 3. The van der Waals surface area contributed by atoms with Crippen molar-refractivity contribution in [1.82, 2.24) is 0 Å². The van der Waals surface area contributed by atoms with Crippen molar-refractivity contribution < 1.29 is 4.74 Å². The highest BCUT2D eigenvalue weighted by Gasteiger charge is 2.37. The van der Waals surface area contributed by atoms with Gasteiger partial charge in [0.15, 0.2) is 0 Å². The van der Waals surface area contributed by atoms with E-state index in [0.29, 0.717) is 0 Å². The van der Waals surface area contributed by atoms with Crippen LogP contribution in [0.1, 0.15) is 46.0 Å². The maximum atomic E-state index is 5.31. The lowest BCUT2D eigenvalue weighted by Crippen LogP contribution is -2.02. The standard InChI is InChI=1S/C11H20O/c1-3-4-5-6-7-8-9-11(2)10-12-11/h3-4H,5-10H2,1-2H3/b4-3-. The van der Waals surface area contributed by atoms with E-state index in [2.05, 4.69) is 26.0 Å². The molecule has 1 nitrogen and oxygen atoms in total. The second-order valence-electron chi connectivity index (χ2n) is 3.91. The van der Waals surface area contributed by atoms with Gasteiger partial charge in [0.05, 0.1) is 12.2 Å². The Morgan fingerprint density at radius 1 is 1.33 bits per heavy atom. The van der Waals surface area contributed by atoms with Crippen molar-refractivity contribution in [2.75, 3.05) is 6.61 Å². The summed E-state index contributed by atoms with van der Waals surface area (Å²) in [4.78, 5) is 0. The van der Waals surface area contributed by atoms with Crippen LogP contribution >= 0.6 is 0 Å². The molecule has 1 rings (SSSR count). The minimum absolute atomic E-state index is 0.278. The molecular weight excluding hydrogens is 148 g/mol. The van der Waals surface area contributed by atoms with Gasteiger partial charge in [-0.2, -0.15) is 0 Å². The molecule has 1 atom stereocenters. The van der Waals surface area contributed by atoms with Crippen LogP contribution in [0.2, 0.25) is 0 Å². The second-order valence-corrected chi connectivity index (χ2v) is 3.91. The zero-order valence-corrected chi connectivity index (χ0v) is 8.31. The Balaban J connectivity index is 1.83. The molecule has 0 bridgehead atoms. The summed E-state index contributed by atoms with van der Waals surface area (Å²) >= 11 is 0.